The van der Waals surface area contributed by atoms with Crippen LogP contribution in [0.15, 0.2) is 0 Å². The van der Waals surface area contributed by atoms with Crippen molar-refractivity contribution in [2.24, 2.45) is 11.8 Å². The van der Waals surface area contributed by atoms with Crippen LogP contribution < -0.4 is 15.6 Å². The molecule has 7 nitrogen and oxygen atoms in total. The topological polar surface area (TPSA) is 90.5 Å². The Morgan fingerprint density at radius 1 is 1.41 bits per heavy atom. The second-order valence-electron chi connectivity index (χ2n) is 6.17. The van der Waals surface area contributed by atoms with Crippen molar-refractivity contribution >= 4 is 27.5 Å². The number of rotatable bonds is 4. The highest BCUT2D eigenvalue weighted by Crippen LogP contribution is 2.37. The van der Waals surface area contributed by atoms with Crippen molar-refractivity contribution in [3.8, 4) is 0 Å². The lowest BCUT2D eigenvalue weighted by molar-refractivity contribution is -0.129. The third kappa shape index (κ3) is 4.51. The second kappa shape index (κ2) is 6.96. The van der Waals surface area contributed by atoms with Crippen LogP contribution >= 0.6 is 11.6 Å². The van der Waals surface area contributed by atoms with Crippen LogP contribution in [-0.4, -0.2) is 63.3 Å². The summed E-state index contributed by atoms with van der Waals surface area (Å²) in [6.45, 7) is 1.57. The quantitative estimate of drug-likeness (QED) is 0.462. The van der Waals surface area contributed by atoms with Gasteiger partial charge in [-0.15, -0.1) is 16.4 Å². The molecule has 0 aromatic heterocycles. The summed E-state index contributed by atoms with van der Waals surface area (Å²) < 4.78 is 36.3. The van der Waals surface area contributed by atoms with Crippen molar-refractivity contribution in [2.75, 3.05) is 26.5 Å². The molecule has 1 aliphatic heterocycles. The molecule has 2 rings (SSSR count). The molecule has 0 bridgehead atoms. The molecule has 0 aromatic carbocycles. The summed E-state index contributed by atoms with van der Waals surface area (Å²) in [6.07, 6.45) is 0.260. The fourth-order valence-corrected chi connectivity index (χ4v) is 3.78. The average Bonchev–Trinajstić information content (AvgIpc) is 2.85. The van der Waals surface area contributed by atoms with Crippen molar-refractivity contribution in [3.05, 3.63) is 0 Å². The normalized spacial score (nSPS) is 37.2. The Morgan fingerprint density at radius 2 is 2.09 bits per heavy atom. The number of hydrogen-bond acceptors (Lipinski definition) is 5. The van der Waals surface area contributed by atoms with Crippen molar-refractivity contribution in [1.82, 2.24) is 20.5 Å². The fraction of sp³-hybridized carbons (Fsp3) is 0.917. The smallest absolute Gasteiger partial charge is 0.241 e. The molecule has 0 radical (unpaired) electrons. The number of likely N-dealkylation sites (N-methyl/N-ethyl adjacent to an activating group) is 1. The zero-order valence-corrected chi connectivity index (χ0v) is 14.1. The first kappa shape index (κ1) is 17.9. The van der Waals surface area contributed by atoms with Crippen LogP contribution in [0.25, 0.3) is 0 Å². The molecular formula is C12H22ClFN4O3S. The van der Waals surface area contributed by atoms with E-state index >= 15 is 0 Å². The van der Waals surface area contributed by atoms with E-state index in [0.717, 1.165) is 19.5 Å². The van der Waals surface area contributed by atoms with Gasteiger partial charge in [-0.2, -0.15) is 0 Å². The highest BCUT2D eigenvalue weighted by Gasteiger charge is 2.44. The molecule has 22 heavy (non-hydrogen) atoms. The number of nitrogens with one attached hydrogen (secondary N) is 3. The van der Waals surface area contributed by atoms with Crippen LogP contribution in [0.1, 0.15) is 12.8 Å². The zero-order chi connectivity index (χ0) is 16.5. The van der Waals surface area contributed by atoms with Gasteiger partial charge in [-0.25, -0.2) is 12.8 Å². The Balaban J connectivity index is 2.00. The minimum Gasteiger partial charge on any atom is -0.300 e. The van der Waals surface area contributed by atoms with Crippen LogP contribution in [0, 0.1) is 11.8 Å². The standard InChI is InChI=1S/C12H22ClFN4O3S/c1-18-5-10(15-6-18)7-3-8(11(14)9(13)4-7)12(19)16-17-22(2,20)21/h7-11,15,17H,3-6H2,1-2H3,(H,16,19). The van der Waals surface area contributed by atoms with Gasteiger partial charge in [0.15, 0.2) is 0 Å². The van der Waals surface area contributed by atoms with E-state index in [4.69, 9.17) is 11.6 Å². The number of alkyl halides is 2. The zero-order valence-electron chi connectivity index (χ0n) is 12.6. The molecule has 10 heteroatoms. The number of carbonyl (C=O) groups is 1. The molecule has 0 aromatic rings. The van der Waals surface area contributed by atoms with Crippen LogP contribution in [0.3, 0.4) is 0 Å². The molecule has 1 amide bonds. The average molecular weight is 357 g/mol. The second-order valence-corrected chi connectivity index (χ2v) is 8.48. The highest BCUT2D eigenvalue weighted by molar-refractivity contribution is 7.88. The van der Waals surface area contributed by atoms with Gasteiger partial charge >= 0.3 is 0 Å². The van der Waals surface area contributed by atoms with Gasteiger partial charge in [0.05, 0.1) is 17.6 Å². The van der Waals surface area contributed by atoms with Crippen molar-refractivity contribution < 1.29 is 17.6 Å². The molecule has 5 unspecified atom stereocenters. The first-order valence-electron chi connectivity index (χ1n) is 7.14. The maximum Gasteiger partial charge on any atom is 0.241 e. The number of hydrogen-bond donors (Lipinski definition) is 3. The molecular weight excluding hydrogens is 335 g/mol. The maximum absolute atomic E-state index is 14.2. The van der Waals surface area contributed by atoms with Gasteiger partial charge in [0.25, 0.3) is 0 Å². The minimum atomic E-state index is -3.58. The summed E-state index contributed by atoms with van der Waals surface area (Å²) in [5.74, 6) is -1.56. The van der Waals surface area contributed by atoms with E-state index in [1.807, 2.05) is 11.9 Å². The molecule has 1 saturated heterocycles. The van der Waals surface area contributed by atoms with Crippen LogP contribution in [-0.2, 0) is 14.8 Å². The monoisotopic (exact) mass is 356 g/mol. The first-order valence-corrected chi connectivity index (χ1v) is 9.47. The van der Waals surface area contributed by atoms with Gasteiger partial charge in [-0.1, -0.05) is 0 Å². The molecule has 2 aliphatic rings. The van der Waals surface area contributed by atoms with Gasteiger partial charge in [0.2, 0.25) is 15.9 Å². The molecule has 1 heterocycles. The van der Waals surface area contributed by atoms with Crippen LogP contribution in [0.2, 0.25) is 0 Å². The Hall–Kier alpha value is -0.480. The summed E-state index contributed by atoms with van der Waals surface area (Å²) in [7, 11) is -1.60. The Kier molecular flexibility index (Phi) is 5.65. The van der Waals surface area contributed by atoms with E-state index < -0.39 is 33.4 Å². The molecule has 5 atom stereocenters. The van der Waals surface area contributed by atoms with Gasteiger partial charge < -0.3 is 0 Å². The number of halogens is 2. The predicted molar refractivity (Wildman–Crippen MR) is 81.3 cm³/mol. The van der Waals surface area contributed by atoms with Crippen molar-refractivity contribution in [2.45, 2.75) is 30.4 Å². The molecule has 1 aliphatic carbocycles. The molecule has 2 fully saturated rings. The molecule has 3 N–H and O–H groups in total. The number of hydrazine groups is 1. The van der Waals surface area contributed by atoms with Crippen molar-refractivity contribution in [3.63, 3.8) is 0 Å². The first-order chi connectivity index (χ1) is 10.2. The number of sulfonamides is 1. The van der Waals surface area contributed by atoms with E-state index in [1.54, 1.807) is 0 Å². The predicted octanol–water partition coefficient (Wildman–Crippen LogP) is -0.600. The van der Waals surface area contributed by atoms with Gasteiger partial charge in [0, 0.05) is 19.3 Å². The van der Waals surface area contributed by atoms with E-state index in [9.17, 15) is 17.6 Å². The van der Waals surface area contributed by atoms with E-state index in [-0.39, 0.29) is 12.0 Å². The number of nitrogens with zero attached hydrogens (tertiary/aromatic N) is 1. The van der Waals surface area contributed by atoms with Gasteiger partial charge in [0.1, 0.15) is 6.17 Å². The Bertz CT molecular complexity index is 521. The summed E-state index contributed by atoms with van der Waals surface area (Å²) in [6, 6.07) is 0.164. The van der Waals surface area contributed by atoms with E-state index in [1.165, 1.54) is 0 Å². The number of amides is 1. The largest absolute Gasteiger partial charge is 0.300 e. The molecule has 1 saturated carbocycles. The summed E-state index contributed by atoms with van der Waals surface area (Å²) in [5.41, 5.74) is 2.06. The van der Waals surface area contributed by atoms with Crippen LogP contribution in [0.4, 0.5) is 4.39 Å². The van der Waals surface area contributed by atoms with Crippen LogP contribution in [0.5, 0.6) is 0 Å². The fourth-order valence-electron chi connectivity index (χ4n) is 3.09. The maximum atomic E-state index is 14.2. The third-order valence-electron chi connectivity index (χ3n) is 4.21. The van der Waals surface area contributed by atoms with Gasteiger partial charge in [-0.3, -0.25) is 20.4 Å². The lowest BCUT2D eigenvalue weighted by Crippen LogP contribution is -2.52. The molecule has 0 spiro atoms. The summed E-state index contributed by atoms with van der Waals surface area (Å²) in [4.78, 5) is 16.0. The van der Waals surface area contributed by atoms with Crippen molar-refractivity contribution in [1.29, 1.82) is 0 Å². The lowest BCUT2D eigenvalue weighted by atomic mass is 9.76. The Labute approximate surface area is 135 Å². The summed E-state index contributed by atoms with van der Waals surface area (Å²) in [5, 5.41) is 2.58. The Morgan fingerprint density at radius 3 is 2.64 bits per heavy atom. The number of carbonyl (C=O) groups excluding carboxylic acids is 1. The third-order valence-corrected chi connectivity index (χ3v) is 5.10. The SMILES string of the molecule is CN1CNC(C2CC(Cl)C(F)C(C(=O)NNS(C)(=O)=O)C2)C1. The molecule has 128 valence electrons. The summed E-state index contributed by atoms with van der Waals surface area (Å²) >= 11 is 6.07. The van der Waals surface area contributed by atoms with E-state index in [0.29, 0.717) is 12.8 Å². The minimum absolute atomic E-state index is 0.0773. The van der Waals surface area contributed by atoms with E-state index in [2.05, 4.69) is 15.6 Å². The highest BCUT2D eigenvalue weighted by atomic mass is 35.5. The lowest BCUT2D eigenvalue weighted by Gasteiger charge is -2.37. The van der Waals surface area contributed by atoms with Gasteiger partial charge in [-0.05, 0) is 25.8 Å².